The van der Waals surface area contributed by atoms with Crippen LogP contribution >= 0.6 is 0 Å². The zero-order valence-electron chi connectivity index (χ0n) is 6.56. The van der Waals surface area contributed by atoms with E-state index in [-0.39, 0.29) is 0 Å². The third kappa shape index (κ3) is 2.98. The molecule has 0 bridgehead atoms. The van der Waals surface area contributed by atoms with Crippen LogP contribution in [0.2, 0.25) is 0 Å². The average molecular weight is 166 g/mol. The molecule has 0 aliphatic heterocycles. The van der Waals surface area contributed by atoms with Gasteiger partial charge >= 0.3 is 5.97 Å². The van der Waals surface area contributed by atoms with Crippen molar-refractivity contribution in [3.05, 3.63) is 49.1 Å². The van der Waals surface area contributed by atoms with Crippen molar-refractivity contribution in [1.82, 2.24) is 0 Å². The summed E-state index contributed by atoms with van der Waals surface area (Å²) >= 11 is 0. The van der Waals surface area contributed by atoms with E-state index in [1.165, 1.54) is 0 Å². The van der Waals surface area contributed by atoms with E-state index in [2.05, 4.69) is 18.0 Å². The number of carbonyl (C=O) groups excluding carboxylic acids is 1. The first-order chi connectivity index (χ1) is 5.84. The van der Waals surface area contributed by atoms with E-state index in [0.29, 0.717) is 5.56 Å². The first-order valence-corrected chi connectivity index (χ1v) is 3.25. The van der Waals surface area contributed by atoms with Gasteiger partial charge in [-0.3, -0.25) is 4.89 Å². The molecular formula is C9H10O3. The van der Waals surface area contributed by atoms with Crippen LogP contribution in [0.4, 0.5) is 0 Å². The molecule has 0 aromatic heterocycles. The second-order valence-electron chi connectivity index (χ2n) is 1.74. The topological polar surface area (TPSA) is 46.5 Å². The Morgan fingerprint density at radius 3 is 2.17 bits per heavy atom. The van der Waals surface area contributed by atoms with Gasteiger partial charge in [0, 0.05) is 0 Å². The number of carbonyl (C=O) groups is 1. The minimum absolute atomic E-state index is 0.338. The van der Waals surface area contributed by atoms with Gasteiger partial charge in [0.1, 0.15) is 0 Å². The zero-order chi connectivity index (χ0) is 9.40. The second kappa shape index (κ2) is 6.12. The third-order valence-electron chi connectivity index (χ3n) is 1.09. The minimum atomic E-state index is -0.736. The van der Waals surface area contributed by atoms with E-state index in [9.17, 15) is 4.79 Å². The Kier molecular flexibility index (Phi) is 5.30. The molecule has 0 aliphatic rings. The molecular weight excluding hydrogens is 156 g/mol. The van der Waals surface area contributed by atoms with Crippen molar-refractivity contribution in [2.75, 3.05) is 0 Å². The van der Waals surface area contributed by atoms with Crippen LogP contribution in [-0.2, 0) is 4.89 Å². The van der Waals surface area contributed by atoms with Crippen LogP contribution in [0.5, 0.6) is 0 Å². The summed E-state index contributed by atoms with van der Waals surface area (Å²) < 4.78 is 0. The molecule has 0 aliphatic carbocycles. The highest BCUT2D eigenvalue weighted by Gasteiger charge is 2.02. The first-order valence-electron chi connectivity index (χ1n) is 3.25. The molecule has 3 heteroatoms. The summed E-state index contributed by atoms with van der Waals surface area (Å²) in [6, 6.07) is 8.25. The summed E-state index contributed by atoms with van der Waals surface area (Å²) in [5.74, 6) is -0.736. The number of hydrogen-bond donors (Lipinski definition) is 1. The predicted octanol–water partition coefficient (Wildman–Crippen LogP) is 2.12. The number of benzene rings is 1. The summed E-state index contributed by atoms with van der Waals surface area (Å²) in [6.45, 7) is 6.00. The van der Waals surface area contributed by atoms with E-state index in [0.717, 1.165) is 0 Å². The molecule has 0 heterocycles. The molecule has 0 fully saturated rings. The molecule has 1 rings (SSSR count). The van der Waals surface area contributed by atoms with E-state index in [1.54, 1.807) is 30.3 Å². The number of hydrogen-bond acceptors (Lipinski definition) is 3. The predicted molar refractivity (Wildman–Crippen MR) is 45.7 cm³/mol. The van der Waals surface area contributed by atoms with E-state index < -0.39 is 5.97 Å². The highest BCUT2D eigenvalue weighted by molar-refractivity contribution is 5.88. The summed E-state index contributed by atoms with van der Waals surface area (Å²) in [5.41, 5.74) is 0.338. The molecule has 0 radical (unpaired) electrons. The van der Waals surface area contributed by atoms with Gasteiger partial charge in [-0.25, -0.2) is 4.79 Å². The molecule has 3 nitrogen and oxygen atoms in total. The maximum absolute atomic E-state index is 10.5. The highest BCUT2D eigenvalue weighted by Crippen LogP contribution is 1.98. The summed E-state index contributed by atoms with van der Waals surface area (Å²) in [7, 11) is 0. The molecule has 0 unspecified atom stereocenters. The normalized spacial score (nSPS) is 7.75. The van der Waals surface area contributed by atoms with E-state index in [1.807, 2.05) is 0 Å². The fraction of sp³-hybridized carbons (Fsp3) is 0. The van der Waals surface area contributed by atoms with Crippen molar-refractivity contribution in [3.8, 4) is 0 Å². The summed E-state index contributed by atoms with van der Waals surface area (Å²) in [6.07, 6.45) is 0. The summed E-state index contributed by atoms with van der Waals surface area (Å²) in [4.78, 5) is 14.0. The lowest BCUT2D eigenvalue weighted by Gasteiger charge is -1.92. The molecule has 0 atom stereocenters. The van der Waals surface area contributed by atoms with Gasteiger partial charge < -0.3 is 0 Å². The van der Waals surface area contributed by atoms with Gasteiger partial charge in [0.25, 0.3) is 0 Å². The second-order valence-corrected chi connectivity index (χ2v) is 1.74. The van der Waals surface area contributed by atoms with Crippen molar-refractivity contribution < 1.29 is 14.9 Å². The molecule has 1 N–H and O–H groups in total. The van der Waals surface area contributed by atoms with Crippen LogP contribution < -0.4 is 0 Å². The Hall–Kier alpha value is -1.61. The van der Waals surface area contributed by atoms with Crippen LogP contribution in [0.1, 0.15) is 10.4 Å². The van der Waals surface area contributed by atoms with Crippen molar-refractivity contribution >= 4 is 5.97 Å². The molecule has 1 aromatic rings. The Bertz CT molecular complexity index is 231. The smallest absolute Gasteiger partial charge is 0.296 e. The lowest BCUT2D eigenvalue weighted by molar-refractivity contribution is -0.182. The quantitative estimate of drug-likeness (QED) is 0.395. The average Bonchev–Trinajstić information content (AvgIpc) is 2.21. The maximum Gasteiger partial charge on any atom is 0.372 e. The lowest BCUT2D eigenvalue weighted by Crippen LogP contribution is -2.00. The van der Waals surface area contributed by atoms with Gasteiger partial charge in [0.2, 0.25) is 0 Å². The Morgan fingerprint density at radius 1 is 1.25 bits per heavy atom. The van der Waals surface area contributed by atoms with Gasteiger partial charge in [-0.05, 0) is 12.1 Å². The van der Waals surface area contributed by atoms with Crippen molar-refractivity contribution in [2.24, 2.45) is 0 Å². The Balaban J connectivity index is 0.000000561. The van der Waals surface area contributed by atoms with Crippen molar-refractivity contribution in [3.63, 3.8) is 0 Å². The van der Waals surface area contributed by atoms with Gasteiger partial charge in [-0.15, -0.1) is 13.2 Å². The standard InChI is InChI=1S/C7H6O3.C2H4/c8-7(10-9)6-4-2-1-3-5-6;1-2/h1-5,9H;1-2H2. The number of rotatable bonds is 1. The van der Waals surface area contributed by atoms with Crippen LogP contribution in [0.25, 0.3) is 0 Å². The lowest BCUT2D eigenvalue weighted by atomic mass is 10.2. The molecule has 0 saturated carbocycles. The molecule has 0 amide bonds. The van der Waals surface area contributed by atoms with E-state index >= 15 is 0 Å². The monoisotopic (exact) mass is 166 g/mol. The molecule has 1 aromatic carbocycles. The van der Waals surface area contributed by atoms with Gasteiger partial charge in [0.05, 0.1) is 5.56 Å². The van der Waals surface area contributed by atoms with Gasteiger partial charge in [-0.2, -0.15) is 5.26 Å². The molecule has 0 saturated heterocycles. The molecule has 64 valence electrons. The fourth-order valence-corrected chi connectivity index (χ4v) is 0.627. The van der Waals surface area contributed by atoms with Crippen LogP contribution in [0, 0.1) is 0 Å². The van der Waals surface area contributed by atoms with Crippen LogP contribution in [0.15, 0.2) is 43.5 Å². The first kappa shape index (κ1) is 10.4. The largest absolute Gasteiger partial charge is 0.372 e. The SMILES string of the molecule is C=C.O=C(OO)c1ccccc1. The fourth-order valence-electron chi connectivity index (χ4n) is 0.627. The summed E-state index contributed by atoms with van der Waals surface area (Å²) in [5, 5.41) is 7.94. The minimum Gasteiger partial charge on any atom is -0.296 e. The van der Waals surface area contributed by atoms with Crippen LogP contribution in [-0.4, -0.2) is 11.2 Å². The van der Waals surface area contributed by atoms with E-state index in [4.69, 9.17) is 5.26 Å². The van der Waals surface area contributed by atoms with Crippen molar-refractivity contribution in [2.45, 2.75) is 0 Å². The highest BCUT2D eigenvalue weighted by atomic mass is 17.1. The molecule has 0 spiro atoms. The third-order valence-corrected chi connectivity index (χ3v) is 1.09. The Morgan fingerprint density at radius 2 is 1.75 bits per heavy atom. The van der Waals surface area contributed by atoms with Gasteiger partial charge in [0.15, 0.2) is 0 Å². The van der Waals surface area contributed by atoms with Gasteiger partial charge in [-0.1, -0.05) is 18.2 Å². The van der Waals surface area contributed by atoms with Crippen molar-refractivity contribution in [1.29, 1.82) is 0 Å². The zero-order valence-corrected chi connectivity index (χ0v) is 6.56. The maximum atomic E-state index is 10.5. The molecule has 12 heavy (non-hydrogen) atoms. The van der Waals surface area contributed by atoms with Crippen LogP contribution in [0.3, 0.4) is 0 Å². The Labute approximate surface area is 70.8 Å².